The zero-order chi connectivity index (χ0) is 12.3. The van der Waals surface area contributed by atoms with Crippen LogP contribution in [-0.2, 0) is 11.8 Å². The van der Waals surface area contributed by atoms with E-state index in [0.717, 1.165) is 16.9 Å². The Morgan fingerprint density at radius 3 is 2.44 bits per heavy atom. The van der Waals surface area contributed by atoms with Gasteiger partial charge >= 0.3 is 0 Å². The van der Waals surface area contributed by atoms with Crippen LogP contribution in [0, 0.1) is 0 Å². The number of ether oxygens (including phenoxy) is 1. The minimum atomic E-state index is -0.103. The molecule has 88 valence electrons. The molecule has 1 aromatic rings. The van der Waals surface area contributed by atoms with Gasteiger partial charge in [-0.05, 0) is 24.0 Å². The van der Waals surface area contributed by atoms with E-state index in [1.165, 1.54) is 0 Å². The van der Waals surface area contributed by atoms with Crippen molar-refractivity contribution >= 4 is 0 Å². The van der Waals surface area contributed by atoms with Crippen LogP contribution < -0.4 is 4.74 Å². The van der Waals surface area contributed by atoms with Crippen LogP contribution in [0.25, 0.3) is 0 Å². The standard InChI is InChI=1S/C14H20O2/c1-6-7-10-8-11(16-5)9-12(13(10)15)14(2,3)4/h6,8-9,15H,1,7H2,2-5H3. The lowest BCUT2D eigenvalue weighted by Crippen LogP contribution is -2.12. The summed E-state index contributed by atoms with van der Waals surface area (Å²) in [5.74, 6) is 1.13. The molecule has 0 spiro atoms. The van der Waals surface area contributed by atoms with Gasteiger partial charge in [0, 0.05) is 11.1 Å². The van der Waals surface area contributed by atoms with Crippen LogP contribution in [0.5, 0.6) is 11.5 Å². The average molecular weight is 220 g/mol. The van der Waals surface area contributed by atoms with E-state index >= 15 is 0 Å². The summed E-state index contributed by atoms with van der Waals surface area (Å²) in [5, 5.41) is 10.2. The molecule has 0 saturated carbocycles. The van der Waals surface area contributed by atoms with Crippen molar-refractivity contribution in [3.63, 3.8) is 0 Å². The van der Waals surface area contributed by atoms with Crippen LogP contribution >= 0.6 is 0 Å². The Labute approximate surface area is 97.6 Å². The summed E-state index contributed by atoms with van der Waals surface area (Å²) in [7, 11) is 1.64. The number of allylic oxidation sites excluding steroid dienone is 1. The second-order valence-corrected chi connectivity index (χ2v) is 4.93. The number of phenols is 1. The molecular weight excluding hydrogens is 200 g/mol. The lowest BCUT2D eigenvalue weighted by Gasteiger charge is -2.22. The first-order valence-electron chi connectivity index (χ1n) is 5.41. The number of methoxy groups -OCH3 is 1. The highest BCUT2D eigenvalue weighted by Gasteiger charge is 2.21. The summed E-state index contributed by atoms with van der Waals surface area (Å²) in [6, 6.07) is 3.74. The van der Waals surface area contributed by atoms with Crippen molar-refractivity contribution in [2.75, 3.05) is 7.11 Å². The van der Waals surface area contributed by atoms with Crippen molar-refractivity contribution in [1.29, 1.82) is 0 Å². The van der Waals surface area contributed by atoms with Crippen molar-refractivity contribution in [2.24, 2.45) is 0 Å². The van der Waals surface area contributed by atoms with Crippen molar-refractivity contribution < 1.29 is 9.84 Å². The number of hydrogen-bond acceptors (Lipinski definition) is 2. The fraction of sp³-hybridized carbons (Fsp3) is 0.429. The molecule has 0 atom stereocenters. The molecule has 1 rings (SSSR count). The van der Waals surface area contributed by atoms with E-state index in [4.69, 9.17) is 4.74 Å². The molecule has 0 aromatic heterocycles. The van der Waals surface area contributed by atoms with Gasteiger partial charge in [-0.2, -0.15) is 0 Å². The van der Waals surface area contributed by atoms with Gasteiger partial charge in [0.1, 0.15) is 11.5 Å². The Morgan fingerprint density at radius 2 is 2.00 bits per heavy atom. The van der Waals surface area contributed by atoms with Gasteiger partial charge in [0.15, 0.2) is 0 Å². The molecule has 0 fully saturated rings. The molecule has 0 saturated heterocycles. The second kappa shape index (κ2) is 4.60. The van der Waals surface area contributed by atoms with Crippen LogP contribution in [-0.4, -0.2) is 12.2 Å². The van der Waals surface area contributed by atoms with E-state index in [-0.39, 0.29) is 5.41 Å². The van der Waals surface area contributed by atoms with Gasteiger partial charge < -0.3 is 9.84 Å². The van der Waals surface area contributed by atoms with Gasteiger partial charge in [-0.3, -0.25) is 0 Å². The number of phenolic OH excluding ortho intramolecular Hbond substituents is 1. The van der Waals surface area contributed by atoms with Crippen LogP contribution in [0.1, 0.15) is 31.9 Å². The van der Waals surface area contributed by atoms with E-state index < -0.39 is 0 Å². The molecular formula is C14H20O2. The lowest BCUT2D eigenvalue weighted by atomic mass is 9.84. The third kappa shape index (κ3) is 2.57. The Bertz CT molecular complexity index is 386. The molecule has 0 unspecified atom stereocenters. The largest absolute Gasteiger partial charge is 0.507 e. The first kappa shape index (κ1) is 12.6. The van der Waals surface area contributed by atoms with E-state index in [2.05, 4.69) is 27.4 Å². The third-order valence-electron chi connectivity index (χ3n) is 2.57. The SMILES string of the molecule is C=CCc1cc(OC)cc(C(C)(C)C)c1O. The minimum Gasteiger partial charge on any atom is -0.507 e. The highest BCUT2D eigenvalue weighted by molar-refractivity contribution is 5.49. The highest BCUT2D eigenvalue weighted by Crippen LogP contribution is 2.36. The van der Waals surface area contributed by atoms with Gasteiger partial charge in [0.25, 0.3) is 0 Å². The fourth-order valence-electron chi connectivity index (χ4n) is 1.67. The first-order valence-corrected chi connectivity index (χ1v) is 5.41. The summed E-state index contributed by atoms with van der Waals surface area (Å²) in [6.07, 6.45) is 2.42. The van der Waals surface area contributed by atoms with E-state index in [9.17, 15) is 5.11 Å². The predicted molar refractivity (Wildman–Crippen MR) is 67.3 cm³/mol. The molecule has 0 radical (unpaired) electrons. The predicted octanol–water partition coefficient (Wildman–Crippen LogP) is 3.43. The second-order valence-electron chi connectivity index (χ2n) is 4.93. The molecule has 2 heteroatoms. The van der Waals surface area contributed by atoms with Gasteiger partial charge in [0.05, 0.1) is 7.11 Å². The normalized spacial score (nSPS) is 11.2. The molecule has 16 heavy (non-hydrogen) atoms. The number of aromatic hydroxyl groups is 1. The molecule has 1 N–H and O–H groups in total. The zero-order valence-electron chi connectivity index (χ0n) is 10.5. The third-order valence-corrected chi connectivity index (χ3v) is 2.57. The minimum absolute atomic E-state index is 0.103. The molecule has 0 amide bonds. The molecule has 0 heterocycles. The van der Waals surface area contributed by atoms with Crippen molar-refractivity contribution in [3.05, 3.63) is 35.9 Å². The zero-order valence-corrected chi connectivity index (χ0v) is 10.5. The van der Waals surface area contributed by atoms with Crippen molar-refractivity contribution in [3.8, 4) is 11.5 Å². The first-order chi connectivity index (χ1) is 7.40. The Balaban J connectivity index is 3.37. The topological polar surface area (TPSA) is 29.5 Å². The molecule has 2 nitrogen and oxygen atoms in total. The van der Waals surface area contributed by atoms with E-state index in [1.807, 2.05) is 12.1 Å². The summed E-state index contributed by atoms with van der Waals surface area (Å²) in [4.78, 5) is 0. The molecule has 0 bridgehead atoms. The summed E-state index contributed by atoms with van der Waals surface area (Å²) < 4.78 is 5.25. The Kier molecular flexibility index (Phi) is 3.63. The maximum Gasteiger partial charge on any atom is 0.123 e. The lowest BCUT2D eigenvalue weighted by molar-refractivity contribution is 0.403. The van der Waals surface area contributed by atoms with Crippen molar-refractivity contribution in [1.82, 2.24) is 0 Å². The maximum atomic E-state index is 10.2. The molecule has 0 aliphatic heterocycles. The molecule has 0 aliphatic rings. The average Bonchev–Trinajstić information content (AvgIpc) is 2.19. The number of rotatable bonds is 3. The maximum absolute atomic E-state index is 10.2. The quantitative estimate of drug-likeness (QED) is 0.791. The van der Waals surface area contributed by atoms with Gasteiger partial charge in [0.2, 0.25) is 0 Å². The highest BCUT2D eigenvalue weighted by atomic mass is 16.5. The fourth-order valence-corrected chi connectivity index (χ4v) is 1.67. The van der Waals surface area contributed by atoms with Crippen LogP contribution in [0.4, 0.5) is 0 Å². The van der Waals surface area contributed by atoms with Crippen LogP contribution in [0.2, 0.25) is 0 Å². The monoisotopic (exact) mass is 220 g/mol. The van der Waals surface area contributed by atoms with Crippen LogP contribution in [0.15, 0.2) is 24.8 Å². The van der Waals surface area contributed by atoms with Gasteiger partial charge in [-0.1, -0.05) is 26.8 Å². The smallest absolute Gasteiger partial charge is 0.123 e. The molecule has 1 aromatic carbocycles. The van der Waals surface area contributed by atoms with E-state index in [1.54, 1.807) is 13.2 Å². The van der Waals surface area contributed by atoms with Gasteiger partial charge in [-0.25, -0.2) is 0 Å². The summed E-state index contributed by atoms with van der Waals surface area (Å²) >= 11 is 0. The number of hydrogen-bond donors (Lipinski definition) is 1. The Hall–Kier alpha value is -1.44. The molecule has 0 aliphatic carbocycles. The summed E-state index contributed by atoms with van der Waals surface area (Å²) in [5.41, 5.74) is 1.66. The summed E-state index contributed by atoms with van der Waals surface area (Å²) in [6.45, 7) is 9.90. The number of benzene rings is 1. The Morgan fingerprint density at radius 1 is 1.38 bits per heavy atom. The van der Waals surface area contributed by atoms with Crippen LogP contribution in [0.3, 0.4) is 0 Å². The van der Waals surface area contributed by atoms with Gasteiger partial charge in [-0.15, -0.1) is 6.58 Å². The van der Waals surface area contributed by atoms with Crippen molar-refractivity contribution in [2.45, 2.75) is 32.6 Å². The van der Waals surface area contributed by atoms with E-state index in [0.29, 0.717) is 12.2 Å².